The number of hydrogen-bond acceptors (Lipinski definition) is 5. The van der Waals surface area contributed by atoms with Gasteiger partial charge in [-0.25, -0.2) is 0 Å². The summed E-state index contributed by atoms with van der Waals surface area (Å²) in [6, 6.07) is 18.6. The van der Waals surface area contributed by atoms with Crippen LogP contribution in [-0.4, -0.2) is 23.6 Å². The number of nitriles is 3. The molecule has 3 rings (SSSR count). The van der Waals surface area contributed by atoms with Gasteiger partial charge in [0.25, 0.3) is 0 Å². The number of nitrogens with zero attached hydrogens (tertiary/aromatic N) is 4. The summed E-state index contributed by atoms with van der Waals surface area (Å²) in [6.45, 7) is 4.10. The number of allylic oxidation sites excluding steroid dienone is 5. The molecule has 0 atom stereocenters. The quantitative estimate of drug-likeness (QED) is 0.411. The first kappa shape index (κ1) is 23.0. The summed E-state index contributed by atoms with van der Waals surface area (Å²) in [7, 11) is 4.27. The average Bonchev–Trinajstić information content (AvgIpc) is 3.33. The molecule has 0 bridgehead atoms. The van der Waals surface area contributed by atoms with Gasteiger partial charge >= 0.3 is 0 Å². The maximum absolute atomic E-state index is 9.71. The molecular weight excluding hydrogens is 428 g/mol. The van der Waals surface area contributed by atoms with Crippen LogP contribution in [0.25, 0.3) is 18.2 Å². The molecule has 2 radical (unpaired) electrons. The van der Waals surface area contributed by atoms with Crippen LogP contribution in [0, 0.1) is 34.0 Å². The highest BCUT2D eigenvalue weighted by Crippen LogP contribution is 2.47. The maximum atomic E-state index is 9.71. The molecule has 1 aromatic carbocycles. The standard InChI is InChI=1S/C26H22N4SSi/c1-26(2)24(23(17-29)25(32-26)19(15-27)16-28)14-13-22-12-11-21(31-22)10-7-18-5-8-20(9-6-18)30(3)4/h5-14H,1-4H3/b10-7+,14-13+. The van der Waals surface area contributed by atoms with Gasteiger partial charge in [0.05, 0.1) is 21.2 Å². The van der Waals surface area contributed by atoms with Crippen LogP contribution >= 0.6 is 11.3 Å². The van der Waals surface area contributed by atoms with Crippen LogP contribution in [0.3, 0.4) is 0 Å². The van der Waals surface area contributed by atoms with Crippen LogP contribution in [0.5, 0.6) is 0 Å². The molecule has 0 aliphatic carbocycles. The van der Waals surface area contributed by atoms with Gasteiger partial charge < -0.3 is 4.90 Å². The lowest BCUT2D eigenvalue weighted by molar-refractivity contribution is 0.821. The number of rotatable bonds is 5. The van der Waals surface area contributed by atoms with Crippen molar-refractivity contribution in [3.8, 4) is 18.2 Å². The number of benzene rings is 1. The second kappa shape index (κ2) is 9.67. The van der Waals surface area contributed by atoms with Crippen LogP contribution < -0.4 is 4.90 Å². The molecule has 156 valence electrons. The molecule has 1 aliphatic rings. The molecule has 0 unspecified atom stereocenters. The number of anilines is 1. The van der Waals surface area contributed by atoms with Crippen LogP contribution in [0.2, 0.25) is 5.04 Å². The predicted molar refractivity (Wildman–Crippen MR) is 134 cm³/mol. The smallest absolute Gasteiger partial charge is 0.129 e. The van der Waals surface area contributed by atoms with E-state index in [1.54, 1.807) is 11.3 Å². The lowest BCUT2D eigenvalue weighted by atomic mass is 9.95. The zero-order valence-corrected chi connectivity index (χ0v) is 20.3. The summed E-state index contributed by atoms with van der Waals surface area (Å²) in [5.41, 5.74) is 3.69. The molecule has 0 amide bonds. The Hall–Kier alpha value is -3.63. The summed E-state index contributed by atoms with van der Waals surface area (Å²) in [5.74, 6) is 0. The Morgan fingerprint density at radius 1 is 0.906 bits per heavy atom. The minimum absolute atomic E-state index is 0.0403. The van der Waals surface area contributed by atoms with Gasteiger partial charge in [-0.3, -0.25) is 0 Å². The second-order valence-corrected chi connectivity index (χ2v) is 11.2. The highest BCUT2D eigenvalue weighted by molar-refractivity contribution is 7.13. The van der Waals surface area contributed by atoms with E-state index in [0.29, 0.717) is 10.8 Å². The van der Waals surface area contributed by atoms with E-state index in [2.05, 4.69) is 59.5 Å². The number of thiophene rings is 1. The highest BCUT2D eigenvalue weighted by Gasteiger charge is 2.37. The fourth-order valence-corrected chi connectivity index (χ4v) is 5.73. The zero-order valence-electron chi connectivity index (χ0n) is 18.5. The Morgan fingerprint density at radius 3 is 2.03 bits per heavy atom. The van der Waals surface area contributed by atoms with Crippen molar-refractivity contribution in [2.75, 3.05) is 19.0 Å². The Labute approximate surface area is 196 Å². The Kier molecular flexibility index (Phi) is 6.96. The Bertz CT molecular complexity index is 1250. The molecule has 32 heavy (non-hydrogen) atoms. The molecule has 1 aliphatic heterocycles. The first-order chi connectivity index (χ1) is 15.3. The molecule has 0 spiro atoms. The molecule has 0 N–H and O–H groups in total. The van der Waals surface area contributed by atoms with Crippen molar-refractivity contribution in [1.29, 1.82) is 15.8 Å². The highest BCUT2D eigenvalue weighted by atomic mass is 32.1. The van der Waals surface area contributed by atoms with E-state index in [1.165, 1.54) is 5.69 Å². The molecular formula is C26H22N4SSi. The van der Waals surface area contributed by atoms with Gasteiger partial charge in [-0.1, -0.05) is 38.1 Å². The maximum Gasteiger partial charge on any atom is 0.129 e. The third-order valence-electron chi connectivity index (χ3n) is 5.13. The fourth-order valence-electron chi connectivity index (χ4n) is 3.40. The van der Waals surface area contributed by atoms with Crippen LogP contribution in [0.15, 0.2) is 64.4 Å². The van der Waals surface area contributed by atoms with E-state index >= 15 is 0 Å². The van der Waals surface area contributed by atoms with Crippen molar-refractivity contribution in [3.63, 3.8) is 0 Å². The van der Waals surface area contributed by atoms with Gasteiger partial charge in [0.15, 0.2) is 0 Å². The van der Waals surface area contributed by atoms with E-state index in [9.17, 15) is 15.8 Å². The van der Waals surface area contributed by atoms with E-state index < -0.39 is 0 Å². The van der Waals surface area contributed by atoms with Crippen molar-refractivity contribution in [3.05, 3.63) is 79.7 Å². The fraction of sp³-hybridized carbons (Fsp3) is 0.192. The van der Waals surface area contributed by atoms with E-state index in [0.717, 1.165) is 20.9 Å². The van der Waals surface area contributed by atoms with Crippen molar-refractivity contribution in [2.45, 2.75) is 18.9 Å². The van der Waals surface area contributed by atoms with Gasteiger partial charge in [0.1, 0.15) is 17.7 Å². The molecule has 0 saturated carbocycles. The van der Waals surface area contributed by atoms with E-state index in [1.807, 2.05) is 52.2 Å². The van der Waals surface area contributed by atoms with Crippen LogP contribution in [-0.2, 0) is 0 Å². The lowest BCUT2D eigenvalue weighted by Crippen LogP contribution is -2.10. The molecule has 6 heteroatoms. The van der Waals surface area contributed by atoms with Crippen molar-refractivity contribution in [2.24, 2.45) is 0 Å². The molecule has 0 fully saturated rings. The summed E-state index contributed by atoms with van der Waals surface area (Å²) >= 11 is 1.67. The Balaban J connectivity index is 1.83. The van der Waals surface area contributed by atoms with Gasteiger partial charge in [0, 0.05) is 29.5 Å². The largest absolute Gasteiger partial charge is 0.378 e. The molecule has 2 aromatic rings. The summed E-state index contributed by atoms with van der Waals surface area (Å²) < 4.78 is 0. The van der Waals surface area contributed by atoms with Crippen molar-refractivity contribution in [1.82, 2.24) is 0 Å². The summed E-state index contributed by atoms with van der Waals surface area (Å²) in [6.07, 6.45) is 8.16. The van der Waals surface area contributed by atoms with Gasteiger partial charge in [-0.2, -0.15) is 15.8 Å². The Morgan fingerprint density at radius 2 is 1.50 bits per heavy atom. The normalized spacial score (nSPS) is 15.1. The monoisotopic (exact) mass is 450 g/mol. The molecule has 2 heterocycles. The summed E-state index contributed by atoms with van der Waals surface area (Å²) in [5, 5.41) is 28.5. The molecule has 0 saturated heterocycles. The van der Waals surface area contributed by atoms with Crippen molar-refractivity contribution >= 4 is 44.8 Å². The van der Waals surface area contributed by atoms with Crippen LogP contribution in [0.4, 0.5) is 5.69 Å². The third kappa shape index (κ3) is 4.98. The van der Waals surface area contributed by atoms with E-state index in [-0.39, 0.29) is 20.1 Å². The van der Waals surface area contributed by atoms with Crippen LogP contribution in [0.1, 0.15) is 29.2 Å². The first-order valence-corrected chi connectivity index (χ1v) is 11.8. The van der Waals surface area contributed by atoms with E-state index in [4.69, 9.17) is 0 Å². The first-order valence-electron chi connectivity index (χ1n) is 10.0. The number of hydrogen-bond donors (Lipinski definition) is 0. The minimum Gasteiger partial charge on any atom is -0.378 e. The SMILES string of the molecule is CN(C)c1ccc(/C=C/c2ccc(/C=C/C3=C(C#N)C(=C(C#N)C#N)[Si]C3(C)C)s2)cc1. The third-order valence-corrected chi connectivity index (χ3v) is 7.79. The van der Waals surface area contributed by atoms with Gasteiger partial charge in [0.2, 0.25) is 0 Å². The molecule has 1 aromatic heterocycles. The summed E-state index contributed by atoms with van der Waals surface area (Å²) in [4.78, 5) is 4.29. The average molecular weight is 451 g/mol. The van der Waals surface area contributed by atoms with Gasteiger partial charge in [-0.05, 0) is 57.8 Å². The zero-order chi connectivity index (χ0) is 23.3. The lowest BCUT2D eigenvalue weighted by Gasteiger charge is -2.18. The van der Waals surface area contributed by atoms with Gasteiger partial charge in [-0.15, -0.1) is 11.3 Å². The van der Waals surface area contributed by atoms with Crippen molar-refractivity contribution < 1.29 is 0 Å². The molecule has 4 nitrogen and oxygen atoms in total. The topological polar surface area (TPSA) is 74.6 Å². The predicted octanol–water partition coefficient (Wildman–Crippen LogP) is 6.04. The second-order valence-electron chi connectivity index (χ2n) is 8.02. The minimum atomic E-state index is -0.283.